The van der Waals surface area contributed by atoms with Gasteiger partial charge < -0.3 is 5.11 Å². The Balaban J connectivity index is 0.000000921. The summed E-state index contributed by atoms with van der Waals surface area (Å²) in [5, 5.41) is 17.2. The van der Waals surface area contributed by atoms with Crippen molar-refractivity contribution in [3.8, 4) is 6.07 Å². The van der Waals surface area contributed by atoms with E-state index in [1.54, 1.807) is 18.2 Å². The van der Waals surface area contributed by atoms with E-state index in [1.807, 2.05) is 19.9 Å². The molecule has 4 heteroatoms. The van der Waals surface area contributed by atoms with Crippen LogP contribution < -0.4 is 4.90 Å². The van der Waals surface area contributed by atoms with Crippen molar-refractivity contribution in [2.45, 2.75) is 13.8 Å². The van der Waals surface area contributed by atoms with Crippen LogP contribution in [0.2, 0.25) is 0 Å². The van der Waals surface area contributed by atoms with Crippen LogP contribution >= 0.6 is 0 Å². The van der Waals surface area contributed by atoms with Crippen LogP contribution in [-0.2, 0) is 0 Å². The first-order valence-electron chi connectivity index (χ1n) is 4.62. The number of benzene rings is 1. The van der Waals surface area contributed by atoms with Crippen molar-refractivity contribution in [1.82, 2.24) is 0 Å². The summed E-state index contributed by atoms with van der Waals surface area (Å²) in [6.07, 6.45) is -1.05. The maximum atomic E-state index is 10.5. The fourth-order valence-electron chi connectivity index (χ4n) is 0.895. The Bertz CT molecular complexity index is 369. The van der Waals surface area contributed by atoms with Gasteiger partial charge in [-0.25, -0.2) is 4.79 Å². The van der Waals surface area contributed by atoms with Crippen molar-refractivity contribution in [1.29, 1.82) is 5.26 Å². The molecule has 4 nitrogen and oxygen atoms in total. The van der Waals surface area contributed by atoms with Gasteiger partial charge in [-0.15, -0.1) is 0 Å². The normalized spacial score (nSPS) is 8.13. The Kier molecular flexibility index (Phi) is 5.57. The summed E-state index contributed by atoms with van der Waals surface area (Å²) in [6.45, 7) is 4.00. The van der Waals surface area contributed by atoms with Crippen LogP contribution in [0.1, 0.15) is 19.4 Å². The third-order valence-electron chi connectivity index (χ3n) is 1.65. The quantitative estimate of drug-likeness (QED) is 0.768. The predicted molar refractivity (Wildman–Crippen MR) is 58.9 cm³/mol. The van der Waals surface area contributed by atoms with Gasteiger partial charge >= 0.3 is 6.09 Å². The van der Waals surface area contributed by atoms with Crippen LogP contribution in [0.3, 0.4) is 0 Å². The minimum absolute atomic E-state index is 0.450. The van der Waals surface area contributed by atoms with E-state index >= 15 is 0 Å². The maximum Gasteiger partial charge on any atom is 0.411 e. The van der Waals surface area contributed by atoms with Gasteiger partial charge in [-0.2, -0.15) is 5.26 Å². The standard InChI is InChI=1S/C9H8N2O2.C2H6/c1-11(9(12)13)8-4-2-3-7(5-8)6-10;1-2/h2-5H,1H3,(H,12,13);1-2H3. The van der Waals surface area contributed by atoms with E-state index in [2.05, 4.69) is 0 Å². The number of rotatable bonds is 1. The van der Waals surface area contributed by atoms with Crippen LogP contribution in [0.4, 0.5) is 10.5 Å². The molecule has 0 aliphatic heterocycles. The van der Waals surface area contributed by atoms with Crippen molar-refractivity contribution in [3.05, 3.63) is 29.8 Å². The second kappa shape index (κ2) is 6.44. The molecule has 1 rings (SSSR count). The van der Waals surface area contributed by atoms with Crippen LogP contribution in [0.15, 0.2) is 24.3 Å². The molecule has 0 saturated carbocycles. The number of carbonyl (C=O) groups is 1. The number of nitrogens with zero attached hydrogens (tertiary/aromatic N) is 2. The summed E-state index contributed by atoms with van der Waals surface area (Å²) in [6, 6.07) is 8.37. The molecule has 0 aromatic heterocycles. The number of hydrogen-bond donors (Lipinski definition) is 1. The highest BCUT2D eigenvalue weighted by atomic mass is 16.4. The second-order valence-corrected chi connectivity index (χ2v) is 2.50. The summed E-state index contributed by atoms with van der Waals surface area (Å²) in [4.78, 5) is 11.6. The Morgan fingerprint density at radius 3 is 2.53 bits per heavy atom. The third-order valence-corrected chi connectivity index (χ3v) is 1.65. The van der Waals surface area contributed by atoms with Crippen LogP contribution in [0.25, 0.3) is 0 Å². The molecule has 0 atom stereocenters. The van der Waals surface area contributed by atoms with Gasteiger partial charge in [-0.3, -0.25) is 4.90 Å². The maximum absolute atomic E-state index is 10.5. The lowest BCUT2D eigenvalue weighted by atomic mass is 10.2. The molecule has 0 saturated heterocycles. The van der Waals surface area contributed by atoms with Gasteiger partial charge in [0.05, 0.1) is 11.6 Å². The number of anilines is 1. The molecule has 0 unspecified atom stereocenters. The minimum atomic E-state index is -1.05. The lowest BCUT2D eigenvalue weighted by Crippen LogP contribution is -2.23. The Morgan fingerprint density at radius 1 is 1.47 bits per heavy atom. The number of hydrogen-bond acceptors (Lipinski definition) is 2. The van der Waals surface area contributed by atoms with Gasteiger partial charge in [0.25, 0.3) is 0 Å². The Hall–Kier alpha value is -2.02. The predicted octanol–water partition coefficient (Wildman–Crippen LogP) is 2.70. The molecule has 80 valence electrons. The SMILES string of the molecule is CC.CN(C(=O)O)c1cccc(C#N)c1. The van der Waals surface area contributed by atoms with Crippen molar-refractivity contribution >= 4 is 11.8 Å². The van der Waals surface area contributed by atoms with Crippen molar-refractivity contribution in [2.24, 2.45) is 0 Å². The van der Waals surface area contributed by atoms with E-state index < -0.39 is 6.09 Å². The van der Waals surface area contributed by atoms with Crippen molar-refractivity contribution < 1.29 is 9.90 Å². The summed E-state index contributed by atoms with van der Waals surface area (Å²) >= 11 is 0. The van der Waals surface area contributed by atoms with E-state index in [9.17, 15) is 4.79 Å². The first-order valence-corrected chi connectivity index (χ1v) is 4.62. The average molecular weight is 206 g/mol. The first kappa shape index (κ1) is 13.0. The topological polar surface area (TPSA) is 64.3 Å². The highest BCUT2D eigenvalue weighted by Crippen LogP contribution is 2.13. The summed E-state index contributed by atoms with van der Waals surface area (Å²) < 4.78 is 0. The molecule has 0 heterocycles. The van der Waals surface area contributed by atoms with Crippen LogP contribution in [0, 0.1) is 11.3 Å². The zero-order valence-electron chi connectivity index (χ0n) is 9.06. The molecule has 1 aromatic rings. The molecular weight excluding hydrogens is 192 g/mol. The number of amides is 1. The van der Waals surface area contributed by atoms with Gasteiger partial charge in [0.1, 0.15) is 0 Å². The van der Waals surface area contributed by atoms with Gasteiger partial charge in [-0.1, -0.05) is 19.9 Å². The molecule has 0 aliphatic carbocycles. The highest BCUT2D eigenvalue weighted by molar-refractivity contribution is 5.85. The van der Waals surface area contributed by atoms with Crippen molar-refractivity contribution in [3.63, 3.8) is 0 Å². The van der Waals surface area contributed by atoms with Gasteiger partial charge in [0.2, 0.25) is 0 Å². The molecule has 0 fully saturated rings. The monoisotopic (exact) mass is 206 g/mol. The summed E-state index contributed by atoms with van der Waals surface area (Å²) in [7, 11) is 1.43. The molecule has 0 radical (unpaired) electrons. The molecular formula is C11H14N2O2. The van der Waals surface area contributed by atoms with E-state index in [1.165, 1.54) is 13.1 Å². The highest BCUT2D eigenvalue weighted by Gasteiger charge is 2.07. The zero-order valence-corrected chi connectivity index (χ0v) is 9.06. The molecule has 1 amide bonds. The lowest BCUT2D eigenvalue weighted by Gasteiger charge is -2.12. The van der Waals surface area contributed by atoms with Gasteiger partial charge in [0.15, 0.2) is 0 Å². The Morgan fingerprint density at radius 2 is 2.07 bits per heavy atom. The fourth-order valence-corrected chi connectivity index (χ4v) is 0.895. The Labute approximate surface area is 89.4 Å². The number of nitriles is 1. The number of carboxylic acid groups (broad SMARTS) is 1. The molecule has 0 spiro atoms. The zero-order chi connectivity index (χ0) is 11.8. The summed E-state index contributed by atoms with van der Waals surface area (Å²) in [5.74, 6) is 0. The lowest BCUT2D eigenvalue weighted by molar-refractivity contribution is 0.203. The molecule has 0 bridgehead atoms. The third kappa shape index (κ3) is 3.69. The molecule has 15 heavy (non-hydrogen) atoms. The van der Waals surface area contributed by atoms with Gasteiger partial charge in [-0.05, 0) is 18.2 Å². The van der Waals surface area contributed by atoms with E-state index in [0.29, 0.717) is 11.3 Å². The summed E-state index contributed by atoms with van der Waals surface area (Å²) in [5.41, 5.74) is 0.942. The largest absolute Gasteiger partial charge is 0.465 e. The smallest absolute Gasteiger partial charge is 0.411 e. The van der Waals surface area contributed by atoms with E-state index in [4.69, 9.17) is 10.4 Å². The fraction of sp³-hybridized carbons (Fsp3) is 0.273. The van der Waals surface area contributed by atoms with Crippen LogP contribution in [-0.4, -0.2) is 18.2 Å². The van der Waals surface area contributed by atoms with E-state index in [-0.39, 0.29) is 0 Å². The first-order chi connectivity index (χ1) is 7.15. The molecule has 1 aromatic carbocycles. The minimum Gasteiger partial charge on any atom is -0.465 e. The van der Waals surface area contributed by atoms with Crippen LogP contribution in [0.5, 0.6) is 0 Å². The second-order valence-electron chi connectivity index (χ2n) is 2.50. The van der Waals surface area contributed by atoms with E-state index in [0.717, 1.165) is 4.90 Å². The van der Waals surface area contributed by atoms with Crippen molar-refractivity contribution in [2.75, 3.05) is 11.9 Å². The average Bonchev–Trinajstić information content (AvgIpc) is 2.30. The van der Waals surface area contributed by atoms with Gasteiger partial charge in [0, 0.05) is 12.7 Å². The molecule has 0 aliphatic rings. The molecule has 1 N–H and O–H groups in total.